The Morgan fingerprint density at radius 2 is 1.53 bits per heavy atom. The lowest BCUT2D eigenvalue weighted by atomic mass is 9.97. The number of anilines is 1. The SMILES string of the molecule is COc1ccc(CCC(=O)c2cccc3c(NS(=O)(=O)c4cc(Cl)cc(Cl)c4)cccc23)cc1. The van der Waals surface area contributed by atoms with Crippen molar-refractivity contribution in [3.8, 4) is 5.75 Å². The molecule has 0 fully saturated rings. The van der Waals surface area contributed by atoms with Gasteiger partial charge in [0.15, 0.2) is 5.78 Å². The Kier molecular flexibility index (Phi) is 7.12. The van der Waals surface area contributed by atoms with Crippen molar-refractivity contribution in [3.63, 3.8) is 0 Å². The number of hydrogen-bond donors (Lipinski definition) is 1. The summed E-state index contributed by atoms with van der Waals surface area (Å²) >= 11 is 12.0. The summed E-state index contributed by atoms with van der Waals surface area (Å²) in [6.45, 7) is 0. The maximum atomic E-state index is 13.1. The minimum absolute atomic E-state index is 0.0250. The van der Waals surface area contributed by atoms with Crippen LogP contribution in [0, 0.1) is 0 Å². The average Bonchev–Trinajstić information content (AvgIpc) is 2.82. The zero-order valence-corrected chi connectivity index (χ0v) is 20.5. The second kappa shape index (κ2) is 10.1. The molecule has 0 saturated carbocycles. The molecule has 0 atom stereocenters. The number of carbonyl (C=O) groups is 1. The number of carbonyl (C=O) groups excluding carboxylic acids is 1. The highest BCUT2D eigenvalue weighted by molar-refractivity contribution is 7.92. The van der Waals surface area contributed by atoms with E-state index < -0.39 is 10.0 Å². The molecule has 0 aliphatic heterocycles. The van der Waals surface area contributed by atoms with Gasteiger partial charge in [-0.3, -0.25) is 9.52 Å². The fraction of sp³-hybridized carbons (Fsp3) is 0.115. The number of rotatable bonds is 8. The van der Waals surface area contributed by atoms with Crippen LogP contribution in [0.15, 0.2) is 83.8 Å². The van der Waals surface area contributed by atoms with Crippen molar-refractivity contribution < 1.29 is 17.9 Å². The molecule has 0 saturated heterocycles. The molecule has 1 N–H and O–H groups in total. The van der Waals surface area contributed by atoms with Gasteiger partial charge in [-0.15, -0.1) is 0 Å². The number of halogens is 2. The maximum Gasteiger partial charge on any atom is 0.262 e. The molecule has 0 radical (unpaired) electrons. The minimum Gasteiger partial charge on any atom is -0.497 e. The normalized spacial score (nSPS) is 11.4. The second-order valence-electron chi connectivity index (χ2n) is 7.69. The standard InChI is InChI=1S/C26H21Cl2NO4S/c1-33-20-11-8-17(9-12-20)10-13-26(30)24-6-2-5-23-22(24)4-3-7-25(23)29-34(31,32)21-15-18(27)14-19(28)16-21/h2-9,11-12,14-16,29H,10,13H2,1H3. The number of ether oxygens (including phenoxy) is 1. The van der Waals surface area contributed by atoms with E-state index in [9.17, 15) is 13.2 Å². The fourth-order valence-electron chi connectivity index (χ4n) is 3.71. The zero-order valence-electron chi connectivity index (χ0n) is 18.2. The summed E-state index contributed by atoms with van der Waals surface area (Å²) in [6.07, 6.45) is 0.906. The van der Waals surface area contributed by atoms with E-state index in [-0.39, 0.29) is 20.7 Å². The highest BCUT2D eigenvalue weighted by atomic mass is 35.5. The van der Waals surface area contributed by atoms with Crippen molar-refractivity contribution in [3.05, 3.63) is 100 Å². The Hall–Kier alpha value is -3.06. The molecule has 174 valence electrons. The molecule has 0 spiro atoms. The summed E-state index contributed by atoms with van der Waals surface area (Å²) in [7, 11) is -2.34. The first-order chi connectivity index (χ1) is 16.3. The van der Waals surface area contributed by atoms with Crippen LogP contribution in [-0.4, -0.2) is 21.3 Å². The number of benzene rings is 4. The molecule has 0 aliphatic rings. The largest absolute Gasteiger partial charge is 0.497 e. The van der Waals surface area contributed by atoms with E-state index in [0.717, 1.165) is 11.3 Å². The van der Waals surface area contributed by atoms with Crippen LogP contribution in [0.1, 0.15) is 22.3 Å². The Bertz CT molecular complexity index is 1450. The lowest BCUT2D eigenvalue weighted by molar-refractivity contribution is 0.0984. The molecule has 4 rings (SSSR count). The number of hydrogen-bond acceptors (Lipinski definition) is 4. The summed E-state index contributed by atoms with van der Waals surface area (Å²) in [5.41, 5.74) is 1.93. The van der Waals surface area contributed by atoms with Crippen LogP contribution in [0.25, 0.3) is 10.8 Å². The third kappa shape index (κ3) is 5.36. The quantitative estimate of drug-likeness (QED) is 0.264. The van der Waals surface area contributed by atoms with Crippen molar-refractivity contribution in [1.29, 1.82) is 0 Å². The van der Waals surface area contributed by atoms with E-state index in [2.05, 4.69) is 4.72 Å². The number of fused-ring (bicyclic) bond motifs is 1. The van der Waals surface area contributed by atoms with Gasteiger partial charge in [0.25, 0.3) is 10.0 Å². The highest BCUT2D eigenvalue weighted by Crippen LogP contribution is 2.30. The molecule has 4 aromatic rings. The van der Waals surface area contributed by atoms with Crippen LogP contribution < -0.4 is 9.46 Å². The van der Waals surface area contributed by atoms with Gasteiger partial charge in [0.05, 0.1) is 17.7 Å². The summed E-state index contributed by atoms with van der Waals surface area (Å²) < 4.78 is 33.7. The lowest BCUT2D eigenvalue weighted by Crippen LogP contribution is -2.13. The van der Waals surface area contributed by atoms with Crippen LogP contribution in [0.4, 0.5) is 5.69 Å². The third-order valence-electron chi connectivity index (χ3n) is 5.41. The number of methoxy groups -OCH3 is 1. The smallest absolute Gasteiger partial charge is 0.262 e. The monoisotopic (exact) mass is 513 g/mol. The zero-order chi connectivity index (χ0) is 24.3. The minimum atomic E-state index is -3.95. The molecule has 0 heterocycles. The van der Waals surface area contributed by atoms with Gasteiger partial charge in [0.1, 0.15) is 5.75 Å². The molecule has 34 heavy (non-hydrogen) atoms. The molecular weight excluding hydrogens is 493 g/mol. The molecule has 8 heteroatoms. The maximum absolute atomic E-state index is 13.1. The Morgan fingerprint density at radius 3 is 2.21 bits per heavy atom. The van der Waals surface area contributed by atoms with Crippen LogP contribution in [0.2, 0.25) is 10.0 Å². The lowest BCUT2D eigenvalue weighted by Gasteiger charge is -2.13. The first-order valence-corrected chi connectivity index (χ1v) is 12.7. The number of ketones is 1. The number of sulfonamides is 1. The molecular formula is C26H21Cl2NO4S. The Morgan fingerprint density at radius 1 is 0.882 bits per heavy atom. The van der Waals surface area contributed by atoms with Crippen molar-refractivity contribution >= 4 is 55.5 Å². The van der Waals surface area contributed by atoms with E-state index in [0.29, 0.717) is 34.9 Å². The van der Waals surface area contributed by atoms with Crippen LogP contribution in [0.3, 0.4) is 0 Å². The predicted molar refractivity (Wildman–Crippen MR) is 137 cm³/mol. The second-order valence-corrected chi connectivity index (χ2v) is 10.2. The molecule has 5 nitrogen and oxygen atoms in total. The predicted octanol–water partition coefficient (Wildman–Crippen LogP) is 6.77. The highest BCUT2D eigenvalue weighted by Gasteiger charge is 2.18. The molecule has 0 bridgehead atoms. The van der Waals surface area contributed by atoms with Gasteiger partial charge in [-0.1, -0.05) is 65.7 Å². The first-order valence-electron chi connectivity index (χ1n) is 10.4. The van der Waals surface area contributed by atoms with Crippen molar-refractivity contribution in [2.24, 2.45) is 0 Å². The van der Waals surface area contributed by atoms with Gasteiger partial charge in [0.2, 0.25) is 0 Å². The summed E-state index contributed by atoms with van der Waals surface area (Å²) in [6, 6.07) is 22.2. The summed E-state index contributed by atoms with van der Waals surface area (Å²) in [4.78, 5) is 13.0. The van der Waals surface area contributed by atoms with Gasteiger partial charge < -0.3 is 4.74 Å². The average molecular weight is 514 g/mol. The first kappa shape index (κ1) is 24.1. The van der Waals surface area contributed by atoms with E-state index >= 15 is 0 Å². The number of Topliss-reactive ketones (excluding diaryl/α,β-unsaturated/α-hetero) is 1. The molecule has 4 aromatic carbocycles. The Balaban J connectivity index is 1.61. The summed E-state index contributed by atoms with van der Waals surface area (Å²) in [5, 5.41) is 1.73. The van der Waals surface area contributed by atoms with E-state index in [1.54, 1.807) is 37.4 Å². The number of nitrogens with one attached hydrogen (secondary N) is 1. The van der Waals surface area contributed by atoms with Crippen LogP contribution >= 0.6 is 23.2 Å². The van der Waals surface area contributed by atoms with Gasteiger partial charge in [-0.05, 0) is 53.8 Å². The molecule has 0 unspecified atom stereocenters. The van der Waals surface area contributed by atoms with Crippen molar-refractivity contribution in [1.82, 2.24) is 0 Å². The van der Waals surface area contributed by atoms with E-state index in [4.69, 9.17) is 27.9 Å². The van der Waals surface area contributed by atoms with Crippen molar-refractivity contribution in [2.75, 3.05) is 11.8 Å². The third-order valence-corrected chi connectivity index (χ3v) is 7.19. The van der Waals surface area contributed by atoms with Gasteiger partial charge in [-0.2, -0.15) is 0 Å². The molecule has 0 aromatic heterocycles. The van der Waals surface area contributed by atoms with Gasteiger partial charge >= 0.3 is 0 Å². The topological polar surface area (TPSA) is 72.5 Å². The van der Waals surface area contributed by atoms with Crippen LogP contribution in [0.5, 0.6) is 5.75 Å². The van der Waals surface area contributed by atoms with Crippen molar-refractivity contribution in [2.45, 2.75) is 17.7 Å². The van der Waals surface area contributed by atoms with Crippen LogP contribution in [-0.2, 0) is 16.4 Å². The van der Waals surface area contributed by atoms with E-state index in [1.807, 2.05) is 30.3 Å². The van der Waals surface area contributed by atoms with Gasteiger partial charge in [-0.25, -0.2) is 8.42 Å². The van der Waals surface area contributed by atoms with E-state index in [1.165, 1.54) is 18.2 Å². The van der Waals surface area contributed by atoms with Gasteiger partial charge in [0, 0.05) is 27.4 Å². The Labute approximate surface area is 208 Å². The number of aryl methyl sites for hydroxylation is 1. The molecule has 0 aliphatic carbocycles. The fourth-order valence-corrected chi connectivity index (χ4v) is 5.52. The summed E-state index contributed by atoms with van der Waals surface area (Å²) in [5.74, 6) is 0.738. The molecule has 0 amide bonds.